The first kappa shape index (κ1) is 21.9. The largest absolute Gasteiger partial charge is 0.573 e. The van der Waals surface area contributed by atoms with Gasteiger partial charge >= 0.3 is 6.36 Å². The van der Waals surface area contributed by atoms with Gasteiger partial charge in [0.15, 0.2) is 0 Å². The molecule has 1 saturated carbocycles. The minimum Gasteiger partial charge on any atom is -0.405 e. The normalized spacial score (nSPS) is 22.2. The molecule has 1 saturated heterocycles. The second-order valence-corrected chi connectivity index (χ2v) is 7.05. The van der Waals surface area contributed by atoms with Crippen molar-refractivity contribution >= 4 is 12.4 Å². The Morgan fingerprint density at radius 3 is 2.62 bits per heavy atom. The maximum absolute atomic E-state index is 14.1. The van der Waals surface area contributed by atoms with Crippen molar-refractivity contribution in [2.75, 3.05) is 13.1 Å². The van der Waals surface area contributed by atoms with Crippen LogP contribution in [-0.2, 0) is 11.3 Å². The third-order valence-electron chi connectivity index (χ3n) is 4.92. The smallest absolute Gasteiger partial charge is 0.405 e. The lowest BCUT2D eigenvalue weighted by Gasteiger charge is -2.26. The standard InChI is InChI=1S/C19H20F4N2O3.ClH/c20-14-9-24-8-7-16(14)26-10-13-17(25-28-18(13)11-5-6-11)12-3-1-2-4-15(12)27-19(21,22)23;/h1-4,11,14,16,24H,5-10H2;1H/t14-,16-;/m0./s1. The van der Waals surface area contributed by atoms with E-state index < -0.39 is 18.6 Å². The quantitative estimate of drug-likeness (QED) is 0.662. The van der Waals surface area contributed by atoms with Crippen LogP contribution in [0.4, 0.5) is 17.6 Å². The Morgan fingerprint density at radius 1 is 1.17 bits per heavy atom. The Morgan fingerprint density at radius 2 is 1.93 bits per heavy atom. The van der Waals surface area contributed by atoms with Crippen molar-refractivity contribution in [1.82, 2.24) is 10.5 Å². The molecule has 0 unspecified atom stereocenters. The predicted octanol–water partition coefficient (Wildman–Crippen LogP) is 4.76. The fourth-order valence-electron chi connectivity index (χ4n) is 3.39. The molecule has 2 fully saturated rings. The van der Waals surface area contributed by atoms with Crippen LogP contribution in [0.5, 0.6) is 5.75 Å². The van der Waals surface area contributed by atoms with Crippen LogP contribution in [0.15, 0.2) is 28.8 Å². The number of hydrogen-bond donors (Lipinski definition) is 1. The summed E-state index contributed by atoms with van der Waals surface area (Å²) < 4.78 is 67.8. The number of rotatable bonds is 6. The molecule has 0 amide bonds. The van der Waals surface area contributed by atoms with Crippen LogP contribution in [0, 0.1) is 0 Å². The number of aromatic nitrogens is 1. The molecule has 5 nitrogen and oxygen atoms in total. The van der Waals surface area contributed by atoms with Crippen molar-refractivity contribution in [1.29, 1.82) is 0 Å². The first-order valence-corrected chi connectivity index (χ1v) is 9.22. The Hall–Kier alpha value is -1.84. The van der Waals surface area contributed by atoms with Crippen LogP contribution >= 0.6 is 12.4 Å². The van der Waals surface area contributed by atoms with Gasteiger partial charge in [-0.05, 0) is 37.9 Å². The second kappa shape index (κ2) is 8.89. The topological polar surface area (TPSA) is 56.5 Å². The highest BCUT2D eigenvalue weighted by Crippen LogP contribution is 2.45. The molecule has 2 aromatic rings. The summed E-state index contributed by atoms with van der Waals surface area (Å²) in [6.45, 7) is 0.897. The maximum Gasteiger partial charge on any atom is 0.573 e. The Balaban J connectivity index is 0.00000240. The molecular formula is C19H21ClF4N2O3. The van der Waals surface area contributed by atoms with E-state index in [4.69, 9.17) is 9.26 Å². The van der Waals surface area contributed by atoms with Gasteiger partial charge in [0.2, 0.25) is 0 Å². The van der Waals surface area contributed by atoms with E-state index in [2.05, 4.69) is 15.2 Å². The van der Waals surface area contributed by atoms with Crippen molar-refractivity contribution in [2.45, 2.75) is 50.4 Å². The highest BCUT2D eigenvalue weighted by atomic mass is 35.5. The molecule has 1 aliphatic heterocycles. The van der Waals surface area contributed by atoms with Crippen molar-refractivity contribution in [3.8, 4) is 17.0 Å². The van der Waals surface area contributed by atoms with E-state index in [1.165, 1.54) is 18.2 Å². The van der Waals surface area contributed by atoms with Crippen molar-refractivity contribution < 1.29 is 31.6 Å². The van der Waals surface area contributed by atoms with Gasteiger partial charge < -0.3 is 19.3 Å². The zero-order chi connectivity index (χ0) is 19.7. The summed E-state index contributed by atoms with van der Waals surface area (Å²) >= 11 is 0. The summed E-state index contributed by atoms with van der Waals surface area (Å²) in [5.74, 6) is 0.406. The number of alkyl halides is 4. The lowest BCUT2D eigenvalue weighted by molar-refractivity contribution is -0.274. The minimum atomic E-state index is -4.83. The number of para-hydroxylation sites is 1. The zero-order valence-corrected chi connectivity index (χ0v) is 16.2. The van der Waals surface area contributed by atoms with Gasteiger partial charge in [0, 0.05) is 23.6 Å². The molecule has 2 heterocycles. The summed E-state index contributed by atoms with van der Waals surface area (Å²) in [4.78, 5) is 0. The molecule has 4 rings (SSSR count). The van der Waals surface area contributed by atoms with Crippen LogP contribution < -0.4 is 10.1 Å². The number of halogens is 5. The van der Waals surface area contributed by atoms with Crippen LogP contribution in [0.25, 0.3) is 11.3 Å². The van der Waals surface area contributed by atoms with E-state index in [1.807, 2.05) is 0 Å². The van der Waals surface area contributed by atoms with Crippen LogP contribution in [0.3, 0.4) is 0 Å². The molecule has 1 aromatic carbocycles. The van der Waals surface area contributed by atoms with Crippen molar-refractivity contribution in [3.05, 3.63) is 35.6 Å². The Labute approximate surface area is 171 Å². The van der Waals surface area contributed by atoms with Crippen molar-refractivity contribution in [3.63, 3.8) is 0 Å². The molecule has 2 atom stereocenters. The SMILES string of the molecule is Cl.F[C@H]1CNCC[C@@H]1OCc1c(-c2ccccc2OC(F)(F)F)noc1C1CC1. The van der Waals surface area contributed by atoms with E-state index in [0.29, 0.717) is 24.3 Å². The van der Waals surface area contributed by atoms with Gasteiger partial charge in [-0.3, -0.25) is 0 Å². The maximum atomic E-state index is 14.1. The third-order valence-corrected chi connectivity index (χ3v) is 4.92. The number of hydrogen-bond acceptors (Lipinski definition) is 5. The highest BCUT2D eigenvalue weighted by Gasteiger charge is 2.36. The van der Waals surface area contributed by atoms with Gasteiger partial charge in [-0.1, -0.05) is 17.3 Å². The van der Waals surface area contributed by atoms with Gasteiger partial charge in [-0.15, -0.1) is 25.6 Å². The second-order valence-electron chi connectivity index (χ2n) is 7.05. The van der Waals surface area contributed by atoms with E-state index in [9.17, 15) is 17.6 Å². The molecule has 1 aliphatic carbocycles. The summed E-state index contributed by atoms with van der Waals surface area (Å²) in [7, 11) is 0. The van der Waals surface area contributed by atoms with Crippen LogP contribution in [-0.4, -0.2) is 36.9 Å². The predicted molar refractivity (Wildman–Crippen MR) is 98.8 cm³/mol. The van der Waals surface area contributed by atoms with E-state index in [-0.39, 0.29) is 48.5 Å². The first-order valence-electron chi connectivity index (χ1n) is 9.22. The summed E-state index contributed by atoms with van der Waals surface area (Å²) in [6.07, 6.45) is -4.18. The van der Waals surface area contributed by atoms with Gasteiger partial charge in [0.1, 0.15) is 23.4 Å². The molecule has 10 heteroatoms. The molecule has 29 heavy (non-hydrogen) atoms. The molecule has 2 aliphatic rings. The third kappa shape index (κ3) is 5.21. The first-order chi connectivity index (χ1) is 13.4. The number of ether oxygens (including phenoxy) is 2. The molecule has 160 valence electrons. The molecule has 1 aromatic heterocycles. The summed E-state index contributed by atoms with van der Waals surface area (Å²) in [5.41, 5.74) is 0.966. The average Bonchev–Trinajstić information content (AvgIpc) is 3.40. The average molecular weight is 437 g/mol. The number of nitrogens with zero attached hydrogens (tertiary/aromatic N) is 1. The zero-order valence-electron chi connectivity index (χ0n) is 15.4. The molecule has 0 spiro atoms. The minimum absolute atomic E-state index is 0. The lowest BCUT2D eigenvalue weighted by Crippen LogP contribution is -2.42. The molecule has 1 N–H and O–H groups in total. The number of nitrogens with one attached hydrogen (secondary N) is 1. The van der Waals surface area contributed by atoms with Crippen LogP contribution in [0.1, 0.15) is 36.5 Å². The van der Waals surface area contributed by atoms with Gasteiger partial charge in [0.05, 0.1) is 12.7 Å². The number of piperidine rings is 1. The fraction of sp³-hybridized carbons (Fsp3) is 0.526. The molecular weight excluding hydrogens is 416 g/mol. The van der Waals surface area contributed by atoms with Crippen LogP contribution in [0.2, 0.25) is 0 Å². The number of benzene rings is 1. The van der Waals surface area contributed by atoms with E-state index in [1.54, 1.807) is 6.07 Å². The van der Waals surface area contributed by atoms with Crippen molar-refractivity contribution in [2.24, 2.45) is 0 Å². The lowest BCUT2D eigenvalue weighted by atomic mass is 10.0. The van der Waals surface area contributed by atoms with E-state index in [0.717, 1.165) is 12.8 Å². The summed E-state index contributed by atoms with van der Waals surface area (Å²) in [6, 6.07) is 5.76. The molecule has 0 bridgehead atoms. The molecule has 0 radical (unpaired) electrons. The Kier molecular flexibility index (Phi) is 6.70. The van der Waals surface area contributed by atoms with Gasteiger partial charge in [-0.2, -0.15) is 0 Å². The highest BCUT2D eigenvalue weighted by molar-refractivity contribution is 5.85. The van der Waals surface area contributed by atoms with Gasteiger partial charge in [-0.25, -0.2) is 4.39 Å². The van der Waals surface area contributed by atoms with E-state index >= 15 is 0 Å². The Bertz CT molecular complexity index is 826. The summed E-state index contributed by atoms with van der Waals surface area (Å²) in [5, 5.41) is 6.97. The van der Waals surface area contributed by atoms with Gasteiger partial charge in [0.25, 0.3) is 0 Å². The monoisotopic (exact) mass is 436 g/mol. The fourth-order valence-corrected chi connectivity index (χ4v) is 3.39.